The molecule has 3 saturated heterocycles. The average Bonchev–Trinajstić information content (AvgIpc) is 3.18. The van der Waals surface area contributed by atoms with Crippen LogP contribution in [-0.2, 0) is 30.3 Å². The van der Waals surface area contributed by atoms with Crippen molar-refractivity contribution in [1.82, 2.24) is 0 Å². The Bertz CT molecular complexity index is 499. The SMILES string of the molecule is CC1(C)O[C@H]2O[C@H](C3CO3)C(OCc3ccccc3)[C@@H]2O1. The van der Waals surface area contributed by atoms with E-state index in [1.54, 1.807) is 0 Å². The Labute approximate surface area is 124 Å². The lowest BCUT2D eigenvalue weighted by Crippen LogP contribution is -2.39. The van der Waals surface area contributed by atoms with E-state index in [0.29, 0.717) is 6.61 Å². The number of hydrogen-bond donors (Lipinski definition) is 0. The fourth-order valence-corrected chi connectivity index (χ4v) is 3.01. The molecular formula is C16H20O5. The minimum absolute atomic E-state index is 0.103. The van der Waals surface area contributed by atoms with Gasteiger partial charge in [0.15, 0.2) is 12.1 Å². The predicted octanol–water partition coefficient (Wildman–Crippen LogP) is 1.85. The van der Waals surface area contributed by atoms with Crippen molar-refractivity contribution in [3.8, 4) is 0 Å². The van der Waals surface area contributed by atoms with E-state index in [1.165, 1.54) is 0 Å². The lowest BCUT2D eigenvalue weighted by Gasteiger charge is -2.25. The Kier molecular flexibility index (Phi) is 3.28. The van der Waals surface area contributed by atoms with Gasteiger partial charge in [0.05, 0.1) is 13.2 Å². The molecule has 3 fully saturated rings. The molecule has 21 heavy (non-hydrogen) atoms. The van der Waals surface area contributed by atoms with E-state index in [-0.39, 0.29) is 30.7 Å². The minimum Gasteiger partial charge on any atom is -0.370 e. The molecule has 3 heterocycles. The monoisotopic (exact) mass is 292 g/mol. The number of hydrogen-bond acceptors (Lipinski definition) is 5. The zero-order chi connectivity index (χ0) is 14.4. The first-order chi connectivity index (χ1) is 10.1. The number of epoxide rings is 1. The molecule has 1 aromatic carbocycles. The summed E-state index contributed by atoms with van der Waals surface area (Å²) in [4.78, 5) is 0. The van der Waals surface area contributed by atoms with Gasteiger partial charge >= 0.3 is 0 Å². The Balaban J connectivity index is 1.47. The van der Waals surface area contributed by atoms with Gasteiger partial charge in [-0.05, 0) is 19.4 Å². The third-order valence-corrected chi connectivity index (χ3v) is 4.04. The molecule has 0 amide bonds. The van der Waals surface area contributed by atoms with Gasteiger partial charge in [-0.3, -0.25) is 0 Å². The van der Waals surface area contributed by atoms with Crippen LogP contribution in [0.15, 0.2) is 30.3 Å². The van der Waals surface area contributed by atoms with Gasteiger partial charge in [-0.2, -0.15) is 0 Å². The number of fused-ring (bicyclic) bond motifs is 1. The Morgan fingerprint density at radius 1 is 1.14 bits per heavy atom. The van der Waals surface area contributed by atoms with Crippen molar-refractivity contribution in [3.63, 3.8) is 0 Å². The maximum absolute atomic E-state index is 6.10. The first-order valence-electron chi connectivity index (χ1n) is 7.41. The highest BCUT2D eigenvalue weighted by Crippen LogP contribution is 2.42. The van der Waals surface area contributed by atoms with Crippen molar-refractivity contribution < 1.29 is 23.7 Å². The normalized spacial score (nSPS) is 40.2. The zero-order valence-electron chi connectivity index (χ0n) is 12.2. The number of rotatable bonds is 4. The van der Waals surface area contributed by atoms with Crippen LogP contribution in [0.4, 0.5) is 0 Å². The summed E-state index contributed by atoms with van der Waals surface area (Å²) < 4.78 is 29.2. The Hall–Kier alpha value is -0.980. The number of ether oxygens (including phenoxy) is 5. The van der Waals surface area contributed by atoms with Gasteiger partial charge in [-0.1, -0.05) is 30.3 Å². The summed E-state index contributed by atoms with van der Waals surface area (Å²) in [5.74, 6) is -0.626. The fraction of sp³-hybridized carbons (Fsp3) is 0.625. The summed E-state index contributed by atoms with van der Waals surface area (Å²) in [6.45, 7) is 5.04. The van der Waals surface area contributed by atoms with Gasteiger partial charge in [0, 0.05) is 0 Å². The summed E-state index contributed by atoms with van der Waals surface area (Å²) in [6.07, 6.45) is -0.733. The summed E-state index contributed by atoms with van der Waals surface area (Å²) in [7, 11) is 0. The lowest BCUT2D eigenvalue weighted by atomic mass is 10.1. The third kappa shape index (κ3) is 2.72. The molecule has 0 saturated carbocycles. The van der Waals surface area contributed by atoms with Crippen LogP contribution in [0.25, 0.3) is 0 Å². The summed E-state index contributed by atoms with van der Waals surface area (Å²) in [5.41, 5.74) is 1.13. The zero-order valence-corrected chi connectivity index (χ0v) is 12.2. The lowest BCUT2D eigenvalue weighted by molar-refractivity contribution is -0.221. The van der Waals surface area contributed by atoms with E-state index in [9.17, 15) is 0 Å². The molecule has 0 bridgehead atoms. The molecular weight excluding hydrogens is 272 g/mol. The highest BCUT2D eigenvalue weighted by molar-refractivity contribution is 5.13. The maximum atomic E-state index is 6.10. The molecule has 5 nitrogen and oxygen atoms in total. The van der Waals surface area contributed by atoms with Crippen molar-refractivity contribution in [1.29, 1.82) is 0 Å². The molecule has 0 N–H and O–H groups in total. The Morgan fingerprint density at radius 3 is 2.62 bits per heavy atom. The molecule has 5 atom stereocenters. The second kappa shape index (κ2) is 5.04. The smallest absolute Gasteiger partial charge is 0.190 e. The minimum atomic E-state index is -0.626. The van der Waals surface area contributed by atoms with E-state index in [1.807, 2.05) is 44.2 Å². The van der Waals surface area contributed by atoms with Crippen LogP contribution in [0.5, 0.6) is 0 Å². The van der Waals surface area contributed by atoms with Crippen LogP contribution in [0.1, 0.15) is 19.4 Å². The van der Waals surface area contributed by atoms with Crippen LogP contribution in [0, 0.1) is 0 Å². The molecule has 3 aliphatic heterocycles. The quantitative estimate of drug-likeness (QED) is 0.793. The van der Waals surface area contributed by atoms with Crippen molar-refractivity contribution in [2.45, 2.75) is 56.9 Å². The van der Waals surface area contributed by atoms with Crippen molar-refractivity contribution in [2.24, 2.45) is 0 Å². The molecule has 0 aliphatic carbocycles. The fourth-order valence-electron chi connectivity index (χ4n) is 3.01. The summed E-state index contributed by atoms with van der Waals surface area (Å²) in [5, 5.41) is 0. The van der Waals surface area contributed by atoms with Gasteiger partial charge in [0.2, 0.25) is 0 Å². The van der Waals surface area contributed by atoms with Gasteiger partial charge in [-0.15, -0.1) is 0 Å². The van der Waals surface area contributed by atoms with Crippen LogP contribution in [0.2, 0.25) is 0 Å². The standard InChI is InChI=1S/C16H20O5/c1-16(2)20-14-13(18-8-10-6-4-3-5-7-10)12(11-9-17-11)19-15(14)21-16/h3-7,11-15H,8-9H2,1-2H3/t11?,12-,13?,14+,15-/m1/s1. The van der Waals surface area contributed by atoms with Crippen LogP contribution in [-0.4, -0.2) is 43.1 Å². The topological polar surface area (TPSA) is 49.5 Å². The molecule has 4 rings (SSSR count). The third-order valence-electron chi connectivity index (χ3n) is 4.04. The van der Waals surface area contributed by atoms with Crippen molar-refractivity contribution in [3.05, 3.63) is 35.9 Å². The summed E-state index contributed by atoms with van der Waals surface area (Å²) >= 11 is 0. The molecule has 1 aromatic rings. The van der Waals surface area contributed by atoms with E-state index in [0.717, 1.165) is 12.2 Å². The van der Waals surface area contributed by atoms with Crippen LogP contribution >= 0.6 is 0 Å². The van der Waals surface area contributed by atoms with Crippen LogP contribution in [0.3, 0.4) is 0 Å². The highest BCUT2D eigenvalue weighted by Gasteiger charge is 2.59. The second-order valence-electron chi connectivity index (χ2n) is 6.20. The molecule has 2 unspecified atom stereocenters. The summed E-state index contributed by atoms with van der Waals surface area (Å²) in [6, 6.07) is 10.1. The Morgan fingerprint density at radius 2 is 1.90 bits per heavy atom. The predicted molar refractivity (Wildman–Crippen MR) is 73.5 cm³/mol. The van der Waals surface area contributed by atoms with E-state index >= 15 is 0 Å². The van der Waals surface area contributed by atoms with Gasteiger partial charge in [-0.25, -0.2) is 0 Å². The maximum Gasteiger partial charge on any atom is 0.190 e. The molecule has 114 valence electrons. The molecule has 0 aromatic heterocycles. The molecule has 0 spiro atoms. The van der Waals surface area contributed by atoms with Gasteiger partial charge < -0.3 is 23.7 Å². The van der Waals surface area contributed by atoms with Crippen molar-refractivity contribution >= 4 is 0 Å². The van der Waals surface area contributed by atoms with Crippen LogP contribution < -0.4 is 0 Å². The largest absolute Gasteiger partial charge is 0.370 e. The van der Waals surface area contributed by atoms with Gasteiger partial charge in [0.25, 0.3) is 0 Å². The molecule has 3 aliphatic rings. The van der Waals surface area contributed by atoms with Gasteiger partial charge in [0.1, 0.15) is 24.4 Å². The first kappa shape index (κ1) is 13.7. The van der Waals surface area contributed by atoms with Crippen molar-refractivity contribution in [2.75, 3.05) is 6.61 Å². The number of benzene rings is 1. The molecule has 5 heteroatoms. The average molecular weight is 292 g/mol. The second-order valence-corrected chi connectivity index (χ2v) is 6.20. The highest BCUT2D eigenvalue weighted by atomic mass is 16.8. The van der Waals surface area contributed by atoms with E-state index < -0.39 is 5.79 Å². The van der Waals surface area contributed by atoms with E-state index in [4.69, 9.17) is 23.7 Å². The molecule has 0 radical (unpaired) electrons. The van der Waals surface area contributed by atoms with E-state index in [2.05, 4.69) is 0 Å². The first-order valence-corrected chi connectivity index (χ1v) is 7.41.